The number of rotatable bonds is 6. The van der Waals surface area contributed by atoms with Gasteiger partial charge in [-0.3, -0.25) is 4.79 Å². The summed E-state index contributed by atoms with van der Waals surface area (Å²) in [7, 11) is 0. The van der Waals surface area contributed by atoms with Crippen LogP contribution in [-0.4, -0.2) is 80.8 Å². The van der Waals surface area contributed by atoms with Gasteiger partial charge in [-0.05, 0) is 20.3 Å². The Morgan fingerprint density at radius 1 is 1.14 bits per heavy atom. The Bertz CT molecular complexity index is 385. The molecule has 1 aliphatic heterocycles. The van der Waals surface area contributed by atoms with Crippen molar-refractivity contribution in [3.8, 4) is 0 Å². The van der Waals surface area contributed by atoms with Crippen LogP contribution < -0.4 is 0 Å². The van der Waals surface area contributed by atoms with Crippen molar-refractivity contribution < 1.29 is 25.2 Å². The molecule has 0 fully saturated rings. The second-order valence-electron chi connectivity index (χ2n) is 5.57. The molecule has 0 saturated heterocycles. The van der Waals surface area contributed by atoms with Crippen molar-refractivity contribution in [2.45, 2.75) is 50.4 Å². The molecule has 0 aromatic heterocycles. The van der Waals surface area contributed by atoms with Crippen LogP contribution in [-0.2, 0) is 4.79 Å². The number of amides is 1. The van der Waals surface area contributed by atoms with E-state index in [0.29, 0.717) is 0 Å². The molecule has 0 bridgehead atoms. The molecule has 2 atom stereocenters. The first-order valence-corrected chi connectivity index (χ1v) is 7.06. The van der Waals surface area contributed by atoms with Crippen molar-refractivity contribution in [1.82, 2.24) is 4.90 Å². The van der Waals surface area contributed by atoms with E-state index in [4.69, 9.17) is 0 Å². The van der Waals surface area contributed by atoms with Crippen molar-refractivity contribution in [1.29, 1.82) is 0 Å². The third kappa shape index (κ3) is 2.68. The summed E-state index contributed by atoms with van der Waals surface area (Å²) < 4.78 is 0. The van der Waals surface area contributed by atoms with Gasteiger partial charge in [0, 0.05) is 0 Å². The zero-order chi connectivity index (χ0) is 16.3. The van der Waals surface area contributed by atoms with Gasteiger partial charge in [0.15, 0.2) is 0 Å². The molecule has 0 aromatic rings. The van der Waals surface area contributed by atoms with Crippen LogP contribution in [0.1, 0.15) is 27.2 Å². The highest BCUT2D eigenvalue weighted by atomic mass is 16.3. The van der Waals surface area contributed by atoms with E-state index < -0.39 is 55.5 Å². The van der Waals surface area contributed by atoms with Crippen LogP contribution in [0.4, 0.5) is 0 Å². The molecule has 1 heterocycles. The molecule has 0 radical (unpaired) electrons. The van der Waals surface area contributed by atoms with Crippen LogP contribution in [0.25, 0.3) is 0 Å². The Balaban J connectivity index is 3.53. The van der Waals surface area contributed by atoms with Gasteiger partial charge in [0.1, 0.15) is 11.6 Å². The highest BCUT2D eigenvalue weighted by Gasteiger charge is 2.54. The second-order valence-corrected chi connectivity index (χ2v) is 5.57. The van der Waals surface area contributed by atoms with Crippen molar-refractivity contribution in [3.63, 3.8) is 0 Å². The summed E-state index contributed by atoms with van der Waals surface area (Å²) in [5.41, 5.74) is -2.72. The summed E-state index contributed by atoms with van der Waals surface area (Å²) in [5.74, 6) is -0.490. The highest BCUT2D eigenvalue weighted by molar-refractivity contribution is 5.83. The Hall–Kier alpha value is -1.09. The zero-order valence-corrected chi connectivity index (χ0v) is 12.7. The van der Waals surface area contributed by atoms with E-state index in [9.17, 15) is 25.2 Å². The number of azo groups is 1. The minimum absolute atomic E-state index is 0.257. The standard InChI is InChI=1S/C13H25N3O5/c1-4-12(5-17,6-18)16-11(21)9(2)14-15-10(3)13(16,7-19)8-20/h9-10,17-20H,4-8H2,1-3H3. The molecule has 21 heavy (non-hydrogen) atoms. The van der Waals surface area contributed by atoms with Crippen LogP contribution in [0, 0.1) is 0 Å². The predicted octanol–water partition coefficient (Wildman–Crippen LogP) is -1.09. The summed E-state index contributed by atoms with van der Waals surface area (Å²) in [6.45, 7) is 2.80. The number of aliphatic hydroxyl groups is 4. The maximum Gasteiger partial charge on any atom is 0.250 e. The molecule has 2 unspecified atom stereocenters. The van der Waals surface area contributed by atoms with Crippen LogP contribution >= 0.6 is 0 Å². The van der Waals surface area contributed by atoms with Gasteiger partial charge in [-0.25, -0.2) is 0 Å². The zero-order valence-electron chi connectivity index (χ0n) is 12.7. The molecule has 1 amide bonds. The fraction of sp³-hybridized carbons (Fsp3) is 0.923. The maximum absolute atomic E-state index is 12.7. The number of carbonyl (C=O) groups excluding carboxylic acids is 1. The first-order chi connectivity index (χ1) is 9.88. The van der Waals surface area contributed by atoms with Crippen LogP contribution in [0.2, 0.25) is 0 Å². The normalized spacial score (nSPS) is 26.0. The molecule has 8 heteroatoms. The van der Waals surface area contributed by atoms with Gasteiger partial charge in [-0.15, -0.1) is 0 Å². The lowest BCUT2D eigenvalue weighted by molar-refractivity contribution is -0.166. The van der Waals surface area contributed by atoms with Gasteiger partial charge in [0.05, 0.1) is 38.0 Å². The quantitative estimate of drug-likeness (QED) is 0.496. The Labute approximate surface area is 124 Å². The monoisotopic (exact) mass is 303 g/mol. The van der Waals surface area contributed by atoms with Crippen molar-refractivity contribution in [2.24, 2.45) is 10.2 Å². The molecule has 0 aliphatic carbocycles. The number of hydrogen-bond acceptors (Lipinski definition) is 7. The van der Waals surface area contributed by atoms with Gasteiger partial charge >= 0.3 is 0 Å². The minimum atomic E-state index is -1.42. The highest BCUT2D eigenvalue weighted by Crippen LogP contribution is 2.35. The number of aliphatic hydroxyl groups excluding tert-OH is 4. The predicted molar refractivity (Wildman–Crippen MR) is 74.7 cm³/mol. The molecule has 0 spiro atoms. The molecule has 1 aliphatic rings. The average Bonchev–Trinajstić information content (AvgIpc) is 2.61. The summed E-state index contributed by atoms with van der Waals surface area (Å²) in [6.07, 6.45) is 0.257. The third-order valence-corrected chi connectivity index (χ3v) is 4.48. The van der Waals surface area contributed by atoms with E-state index in [1.54, 1.807) is 20.8 Å². The van der Waals surface area contributed by atoms with Crippen LogP contribution in [0.5, 0.6) is 0 Å². The molecule has 0 aromatic carbocycles. The van der Waals surface area contributed by atoms with Crippen LogP contribution in [0.15, 0.2) is 10.2 Å². The molecule has 4 N–H and O–H groups in total. The number of hydrogen-bond donors (Lipinski definition) is 4. The molecule has 1 rings (SSSR count). The molecule has 0 saturated carbocycles. The average molecular weight is 303 g/mol. The smallest absolute Gasteiger partial charge is 0.250 e. The van der Waals surface area contributed by atoms with Crippen LogP contribution in [0.3, 0.4) is 0 Å². The topological polar surface area (TPSA) is 126 Å². The Kier molecular flexibility index (Phi) is 5.80. The fourth-order valence-corrected chi connectivity index (χ4v) is 2.68. The van der Waals surface area contributed by atoms with Crippen molar-refractivity contribution in [3.05, 3.63) is 0 Å². The molecule has 122 valence electrons. The first kappa shape index (κ1) is 18.0. The van der Waals surface area contributed by atoms with E-state index in [-0.39, 0.29) is 6.42 Å². The number of carbonyl (C=O) groups is 1. The lowest BCUT2D eigenvalue weighted by Gasteiger charge is -2.52. The van der Waals surface area contributed by atoms with E-state index >= 15 is 0 Å². The van der Waals surface area contributed by atoms with Gasteiger partial charge in [-0.1, -0.05) is 6.92 Å². The Morgan fingerprint density at radius 2 is 1.67 bits per heavy atom. The second kappa shape index (κ2) is 6.78. The van der Waals surface area contributed by atoms with Gasteiger partial charge in [0.2, 0.25) is 5.91 Å². The van der Waals surface area contributed by atoms with E-state index in [2.05, 4.69) is 10.2 Å². The molecular formula is C13H25N3O5. The minimum Gasteiger partial charge on any atom is -0.394 e. The van der Waals surface area contributed by atoms with E-state index in [1.807, 2.05) is 0 Å². The SMILES string of the molecule is CCC(CO)(CO)N1C(=O)C(C)N=NC(C)C1(CO)CO. The summed E-state index contributed by atoms with van der Waals surface area (Å²) in [6, 6.07) is -1.48. The third-order valence-electron chi connectivity index (χ3n) is 4.48. The summed E-state index contributed by atoms with van der Waals surface area (Å²) >= 11 is 0. The lowest BCUT2D eigenvalue weighted by atomic mass is 9.83. The summed E-state index contributed by atoms with van der Waals surface area (Å²) in [4.78, 5) is 13.9. The van der Waals surface area contributed by atoms with E-state index in [1.165, 1.54) is 4.90 Å². The largest absolute Gasteiger partial charge is 0.394 e. The molecule has 8 nitrogen and oxygen atoms in total. The Morgan fingerprint density at radius 3 is 2.05 bits per heavy atom. The van der Waals surface area contributed by atoms with E-state index in [0.717, 1.165) is 0 Å². The number of nitrogens with zero attached hydrogens (tertiary/aromatic N) is 3. The summed E-state index contributed by atoms with van der Waals surface area (Å²) in [5, 5.41) is 47.1. The fourth-order valence-electron chi connectivity index (χ4n) is 2.68. The van der Waals surface area contributed by atoms with Crippen molar-refractivity contribution >= 4 is 5.91 Å². The molecular weight excluding hydrogens is 278 g/mol. The van der Waals surface area contributed by atoms with Crippen molar-refractivity contribution in [2.75, 3.05) is 26.4 Å². The maximum atomic E-state index is 12.7. The van der Waals surface area contributed by atoms with Gasteiger partial charge < -0.3 is 25.3 Å². The van der Waals surface area contributed by atoms with Gasteiger partial charge in [0.25, 0.3) is 0 Å². The van der Waals surface area contributed by atoms with Gasteiger partial charge in [-0.2, -0.15) is 10.2 Å². The lowest BCUT2D eigenvalue weighted by Crippen LogP contribution is -2.72. The first-order valence-electron chi connectivity index (χ1n) is 7.06.